The van der Waals surface area contributed by atoms with E-state index in [0.29, 0.717) is 11.3 Å². The zero-order valence-corrected chi connectivity index (χ0v) is 13.0. The van der Waals surface area contributed by atoms with Crippen LogP contribution < -0.4 is 10.1 Å². The number of nitriles is 1. The highest BCUT2D eigenvalue weighted by molar-refractivity contribution is 5.71. The summed E-state index contributed by atoms with van der Waals surface area (Å²) in [4.78, 5) is 11.8. The van der Waals surface area contributed by atoms with Crippen molar-refractivity contribution in [3.63, 3.8) is 0 Å². The van der Waals surface area contributed by atoms with Crippen molar-refractivity contribution in [2.45, 2.75) is 45.8 Å². The topological polar surface area (TPSA) is 86.8 Å². The molecule has 0 aromatic heterocycles. The molecule has 0 saturated carbocycles. The van der Waals surface area contributed by atoms with Gasteiger partial charge < -0.3 is 4.74 Å². The number of amides is 1. The summed E-state index contributed by atoms with van der Waals surface area (Å²) in [6.07, 6.45) is -0.627. The minimum absolute atomic E-state index is 0.310. The van der Waals surface area contributed by atoms with Crippen molar-refractivity contribution in [2.75, 3.05) is 0 Å². The molecule has 1 N–H and O–H groups in total. The predicted octanol–water partition coefficient (Wildman–Crippen LogP) is 3.63. The first-order chi connectivity index (χ1) is 9.61. The van der Waals surface area contributed by atoms with E-state index in [9.17, 15) is 4.79 Å². The zero-order valence-electron chi connectivity index (χ0n) is 13.0. The number of carbonyl (C=O) groups is 1. The molecular formula is C15H20N4O2. The number of nitrogens with one attached hydrogen (secondary N) is 1. The Kier molecular flexibility index (Phi) is 5.03. The average Bonchev–Trinajstić information content (AvgIpc) is 2.36. The number of nitrogens with zero attached hydrogens (tertiary/aromatic N) is 3. The normalized spacial score (nSPS) is 12.0. The van der Waals surface area contributed by atoms with Gasteiger partial charge in [0.2, 0.25) is 0 Å². The van der Waals surface area contributed by atoms with Gasteiger partial charge in [-0.1, -0.05) is 0 Å². The fraction of sp³-hybridized carbons (Fsp3) is 0.467. The summed E-state index contributed by atoms with van der Waals surface area (Å²) >= 11 is 0. The second-order valence-corrected chi connectivity index (χ2v) is 6.08. The Morgan fingerprint density at radius 2 is 1.71 bits per heavy atom. The van der Waals surface area contributed by atoms with Crippen molar-refractivity contribution in [3.8, 4) is 11.8 Å². The van der Waals surface area contributed by atoms with Crippen LogP contribution >= 0.6 is 0 Å². The van der Waals surface area contributed by atoms with Crippen LogP contribution in [0.5, 0.6) is 5.75 Å². The van der Waals surface area contributed by atoms with E-state index in [4.69, 9.17) is 10.00 Å². The minimum atomic E-state index is -0.864. The highest BCUT2D eigenvalue weighted by Gasteiger charge is 2.22. The van der Waals surface area contributed by atoms with Crippen molar-refractivity contribution < 1.29 is 9.53 Å². The number of azo groups is 1. The van der Waals surface area contributed by atoms with E-state index in [-0.39, 0.29) is 5.54 Å². The van der Waals surface area contributed by atoms with Crippen LogP contribution in [0.2, 0.25) is 0 Å². The number of rotatable bonds is 3. The van der Waals surface area contributed by atoms with Gasteiger partial charge in [-0.25, -0.2) is 4.79 Å². The van der Waals surface area contributed by atoms with Crippen LogP contribution in [0.25, 0.3) is 0 Å². The molecule has 0 aliphatic rings. The van der Waals surface area contributed by atoms with Crippen LogP contribution in [0.1, 0.15) is 40.2 Å². The first-order valence-electron chi connectivity index (χ1n) is 6.55. The average molecular weight is 288 g/mol. The molecule has 0 atom stereocenters. The number of carbonyl (C=O) groups excluding carboxylic acids is 1. The van der Waals surface area contributed by atoms with E-state index in [1.165, 1.54) is 0 Å². The van der Waals surface area contributed by atoms with Gasteiger partial charge in [0, 0.05) is 0 Å². The van der Waals surface area contributed by atoms with Crippen LogP contribution in [0, 0.1) is 11.3 Å². The lowest BCUT2D eigenvalue weighted by Crippen LogP contribution is -2.43. The van der Waals surface area contributed by atoms with Gasteiger partial charge in [-0.2, -0.15) is 15.5 Å². The smallest absolute Gasteiger partial charge is 0.410 e. The summed E-state index contributed by atoms with van der Waals surface area (Å²) in [5, 5.41) is 19.6. The summed E-state index contributed by atoms with van der Waals surface area (Å²) in [5.74, 6) is 0.357. The van der Waals surface area contributed by atoms with Gasteiger partial charge in [-0.3, -0.25) is 5.32 Å². The minimum Gasteiger partial charge on any atom is -0.410 e. The molecule has 6 heteroatoms. The first-order valence-corrected chi connectivity index (χ1v) is 6.55. The van der Waals surface area contributed by atoms with E-state index in [1.54, 1.807) is 38.1 Å². The summed E-state index contributed by atoms with van der Waals surface area (Å²) in [5.41, 5.74) is -0.672. The number of hydrogen-bond donors (Lipinski definition) is 1. The lowest BCUT2D eigenvalue weighted by Gasteiger charge is -2.21. The highest BCUT2D eigenvalue weighted by Crippen LogP contribution is 2.15. The number of ether oxygens (including phenoxy) is 1. The molecule has 0 saturated heterocycles. The van der Waals surface area contributed by atoms with Crippen molar-refractivity contribution in [2.24, 2.45) is 10.2 Å². The van der Waals surface area contributed by atoms with Crippen molar-refractivity contribution >= 4 is 6.09 Å². The molecule has 1 aromatic carbocycles. The predicted molar refractivity (Wildman–Crippen MR) is 79.0 cm³/mol. The number of benzene rings is 1. The van der Waals surface area contributed by atoms with Crippen molar-refractivity contribution in [1.82, 2.24) is 5.32 Å². The van der Waals surface area contributed by atoms with Crippen LogP contribution in [-0.4, -0.2) is 17.3 Å². The third-order valence-electron chi connectivity index (χ3n) is 2.20. The first kappa shape index (κ1) is 16.6. The van der Waals surface area contributed by atoms with E-state index < -0.39 is 11.8 Å². The molecule has 21 heavy (non-hydrogen) atoms. The fourth-order valence-corrected chi connectivity index (χ4v) is 1.28. The maximum absolute atomic E-state index is 11.8. The molecule has 0 aliphatic heterocycles. The van der Waals surface area contributed by atoms with E-state index in [1.807, 2.05) is 26.8 Å². The Morgan fingerprint density at radius 3 is 2.19 bits per heavy atom. The van der Waals surface area contributed by atoms with Gasteiger partial charge in [-0.15, -0.1) is 0 Å². The van der Waals surface area contributed by atoms with Crippen LogP contribution in [-0.2, 0) is 0 Å². The lowest BCUT2D eigenvalue weighted by molar-refractivity contribution is 0.187. The Balaban J connectivity index is 2.64. The lowest BCUT2D eigenvalue weighted by atomic mass is 10.1. The molecule has 0 radical (unpaired) electrons. The standard InChI is InChI=1S/C15H20N4O2/c1-14(2,3)18-19-15(4,5)17-13(20)21-12-8-6-11(10-16)7-9-12/h6-9H,1-5H3,(H,17,20). The van der Waals surface area contributed by atoms with Crippen molar-refractivity contribution in [1.29, 1.82) is 5.26 Å². The Morgan fingerprint density at radius 1 is 1.14 bits per heavy atom. The number of hydrogen-bond acceptors (Lipinski definition) is 5. The quantitative estimate of drug-likeness (QED) is 0.861. The largest absolute Gasteiger partial charge is 0.414 e. The Labute approximate surface area is 124 Å². The third kappa shape index (κ3) is 6.52. The van der Waals surface area contributed by atoms with Crippen LogP contribution in [0.4, 0.5) is 4.79 Å². The molecule has 1 rings (SSSR count). The molecule has 0 heterocycles. The van der Waals surface area contributed by atoms with Gasteiger partial charge in [0.05, 0.1) is 17.2 Å². The molecule has 1 amide bonds. The molecule has 0 unspecified atom stereocenters. The summed E-state index contributed by atoms with van der Waals surface area (Å²) < 4.78 is 5.12. The molecule has 0 spiro atoms. The molecular weight excluding hydrogens is 268 g/mol. The van der Waals surface area contributed by atoms with E-state index in [2.05, 4.69) is 15.5 Å². The van der Waals surface area contributed by atoms with Crippen LogP contribution in [0.3, 0.4) is 0 Å². The molecule has 1 aromatic rings. The Bertz CT molecular complexity index is 563. The summed E-state index contributed by atoms with van der Waals surface area (Å²) in [6, 6.07) is 8.26. The molecule has 0 fully saturated rings. The molecule has 6 nitrogen and oxygen atoms in total. The van der Waals surface area contributed by atoms with Gasteiger partial charge in [0.25, 0.3) is 0 Å². The van der Waals surface area contributed by atoms with Gasteiger partial charge in [0.15, 0.2) is 0 Å². The Hall–Kier alpha value is -2.42. The van der Waals surface area contributed by atoms with Gasteiger partial charge in [-0.05, 0) is 58.9 Å². The van der Waals surface area contributed by atoms with Crippen LogP contribution in [0.15, 0.2) is 34.5 Å². The third-order valence-corrected chi connectivity index (χ3v) is 2.20. The molecule has 0 aliphatic carbocycles. The maximum atomic E-state index is 11.8. The van der Waals surface area contributed by atoms with E-state index in [0.717, 1.165) is 0 Å². The van der Waals surface area contributed by atoms with Gasteiger partial charge in [0.1, 0.15) is 11.4 Å². The second-order valence-electron chi connectivity index (χ2n) is 6.08. The van der Waals surface area contributed by atoms with Crippen molar-refractivity contribution in [3.05, 3.63) is 29.8 Å². The van der Waals surface area contributed by atoms with E-state index >= 15 is 0 Å². The fourth-order valence-electron chi connectivity index (χ4n) is 1.28. The summed E-state index contributed by atoms with van der Waals surface area (Å²) in [7, 11) is 0. The SMILES string of the molecule is CC(C)(C)N=NC(C)(C)NC(=O)Oc1ccc(C#N)cc1. The molecule has 112 valence electrons. The van der Waals surface area contributed by atoms with Gasteiger partial charge >= 0.3 is 6.09 Å². The maximum Gasteiger partial charge on any atom is 0.414 e. The summed E-state index contributed by atoms with van der Waals surface area (Å²) in [6.45, 7) is 9.20. The highest BCUT2D eigenvalue weighted by atomic mass is 16.6. The molecule has 0 bridgehead atoms. The zero-order chi connectivity index (χ0) is 16.1. The second kappa shape index (κ2) is 6.35. The monoisotopic (exact) mass is 288 g/mol.